The predicted molar refractivity (Wildman–Crippen MR) is 59.3 cm³/mol. The van der Waals surface area contributed by atoms with E-state index in [2.05, 4.69) is 16.7 Å². The fourth-order valence-corrected chi connectivity index (χ4v) is 2.39. The van der Waals surface area contributed by atoms with Crippen LogP contribution < -0.4 is 5.73 Å². The Morgan fingerprint density at radius 1 is 1.21 bits per heavy atom. The van der Waals surface area contributed by atoms with E-state index in [0.717, 1.165) is 12.6 Å². The largest absolute Gasteiger partial charge is 0.327 e. The molecule has 0 amide bonds. The van der Waals surface area contributed by atoms with E-state index in [-0.39, 0.29) is 0 Å². The van der Waals surface area contributed by atoms with Crippen LogP contribution in [0.3, 0.4) is 0 Å². The molecule has 2 N–H and O–H groups in total. The van der Waals surface area contributed by atoms with E-state index >= 15 is 0 Å². The minimum Gasteiger partial charge on any atom is -0.327 e. The molecule has 0 bridgehead atoms. The first kappa shape index (κ1) is 10.4. The summed E-state index contributed by atoms with van der Waals surface area (Å²) < 4.78 is 0. The molecule has 1 aliphatic heterocycles. The molecule has 3 heteroatoms. The summed E-state index contributed by atoms with van der Waals surface area (Å²) >= 11 is 0. The molecule has 0 aromatic rings. The zero-order chi connectivity index (χ0) is 9.97. The Morgan fingerprint density at radius 2 is 2.00 bits per heavy atom. The lowest BCUT2D eigenvalue weighted by molar-refractivity contribution is 0.244. The highest BCUT2D eigenvalue weighted by Crippen LogP contribution is 2.27. The molecule has 1 saturated heterocycles. The van der Waals surface area contributed by atoms with Crippen molar-refractivity contribution >= 4 is 0 Å². The molecule has 2 fully saturated rings. The molecule has 2 rings (SSSR count). The van der Waals surface area contributed by atoms with E-state index < -0.39 is 0 Å². The maximum Gasteiger partial charge on any atom is 0.0139 e. The summed E-state index contributed by atoms with van der Waals surface area (Å²) in [6.45, 7) is 8.20. The van der Waals surface area contributed by atoms with Crippen LogP contribution in [0.25, 0.3) is 0 Å². The average molecular weight is 197 g/mol. The Kier molecular flexibility index (Phi) is 3.42. The molecule has 3 nitrogen and oxygen atoms in total. The Balaban J connectivity index is 1.75. The van der Waals surface area contributed by atoms with Gasteiger partial charge in [-0.1, -0.05) is 0 Å². The summed E-state index contributed by atoms with van der Waals surface area (Å²) in [6, 6.07) is 1.26. The van der Waals surface area contributed by atoms with E-state index in [9.17, 15) is 0 Å². The maximum atomic E-state index is 5.83. The minimum absolute atomic E-state index is 0.322. The van der Waals surface area contributed by atoms with Crippen molar-refractivity contribution in [3.8, 4) is 0 Å². The van der Waals surface area contributed by atoms with Crippen LogP contribution in [-0.2, 0) is 0 Å². The van der Waals surface area contributed by atoms with Crippen molar-refractivity contribution in [1.29, 1.82) is 0 Å². The monoisotopic (exact) mass is 197 g/mol. The van der Waals surface area contributed by atoms with Gasteiger partial charge in [-0.25, -0.2) is 0 Å². The first-order valence-electron chi connectivity index (χ1n) is 5.97. The third-order valence-electron chi connectivity index (χ3n) is 3.23. The van der Waals surface area contributed by atoms with Gasteiger partial charge in [0.2, 0.25) is 0 Å². The van der Waals surface area contributed by atoms with Crippen LogP contribution in [0.15, 0.2) is 0 Å². The van der Waals surface area contributed by atoms with Crippen LogP contribution in [-0.4, -0.2) is 54.6 Å². The third kappa shape index (κ3) is 2.94. The van der Waals surface area contributed by atoms with Crippen LogP contribution in [0.5, 0.6) is 0 Å². The molecule has 0 radical (unpaired) electrons. The van der Waals surface area contributed by atoms with E-state index in [4.69, 9.17) is 5.73 Å². The second-order valence-corrected chi connectivity index (χ2v) is 4.90. The van der Waals surface area contributed by atoms with Crippen molar-refractivity contribution < 1.29 is 0 Å². The van der Waals surface area contributed by atoms with Crippen molar-refractivity contribution in [2.45, 2.75) is 38.3 Å². The number of nitrogens with zero attached hydrogens (tertiary/aromatic N) is 2. The number of nitrogens with two attached hydrogens (primary N) is 1. The maximum absolute atomic E-state index is 5.83. The van der Waals surface area contributed by atoms with Crippen LogP contribution in [0, 0.1) is 0 Å². The number of hydrogen-bond donors (Lipinski definition) is 1. The van der Waals surface area contributed by atoms with E-state index in [1.807, 2.05) is 0 Å². The van der Waals surface area contributed by atoms with Gasteiger partial charge in [-0.15, -0.1) is 0 Å². The average Bonchev–Trinajstić information content (AvgIpc) is 2.86. The fraction of sp³-hybridized carbons (Fsp3) is 1.00. The van der Waals surface area contributed by atoms with Crippen LogP contribution in [0.1, 0.15) is 26.2 Å². The summed E-state index contributed by atoms with van der Waals surface area (Å²) in [5, 5.41) is 0. The van der Waals surface area contributed by atoms with Crippen molar-refractivity contribution in [3.63, 3.8) is 0 Å². The van der Waals surface area contributed by atoms with Gasteiger partial charge >= 0.3 is 0 Å². The molecule has 1 aliphatic carbocycles. The van der Waals surface area contributed by atoms with Gasteiger partial charge in [-0.2, -0.15) is 0 Å². The van der Waals surface area contributed by atoms with Gasteiger partial charge in [-0.3, -0.25) is 4.90 Å². The molecule has 0 spiro atoms. The third-order valence-corrected chi connectivity index (χ3v) is 3.23. The van der Waals surface area contributed by atoms with Gasteiger partial charge in [0.1, 0.15) is 0 Å². The number of hydrogen-bond acceptors (Lipinski definition) is 3. The second kappa shape index (κ2) is 4.60. The van der Waals surface area contributed by atoms with E-state index in [1.165, 1.54) is 45.4 Å². The molecular formula is C11H23N3. The minimum atomic E-state index is 0.322. The smallest absolute Gasteiger partial charge is 0.0139 e. The van der Waals surface area contributed by atoms with Crippen molar-refractivity contribution in [3.05, 3.63) is 0 Å². The summed E-state index contributed by atoms with van der Waals surface area (Å²) in [4.78, 5) is 5.19. The van der Waals surface area contributed by atoms with Gasteiger partial charge < -0.3 is 10.6 Å². The van der Waals surface area contributed by atoms with Gasteiger partial charge in [0, 0.05) is 31.7 Å². The molecule has 1 atom stereocenters. The summed E-state index contributed by atoms with van der Waals surface area (Å²) in [5.74, 6) is 0. The van der Waals surface area contributed by atoms with E-state index in [1.54, 1.807) is 0 Å². The first-order chi connectivity index (χ1) is 6.75. The standard InChI is InChI=1S/C11H23N3/c1-10(12)9-13-5-2-6-14(8-7-13)11-3-4-11/h10-11H,2-9,12H2,1H3. The second-order valence-electron chi connectivity index (χ2n) is 4.90. The van der Waals surface area contributed by atoms with Crippen LogP contribution in [0.2, 0.25) is 0 Å². The summed E-state index contributed by atoms with van der Waals surface area (Å²) in [5.41, 5.74) is 5.83. The first-order valence-corrected chi connectivity index (χ1v) is 5.97. The van der Waals surface area contributed by atoms with Gasteiger partial charge in [0.25, 0.3) is 0 Å². The topological polar surface area (TPSA) is 32.5 Å². The lowest BCUT2D eigenvalue weighted by Crippen LogP contribution is -2.38. The lowest BCUT2D eigenvalue weighted by atomic mass is 10.3. The van der Waals surface area contributed by atoms with Gasteiger partial charge in [0.15, 0.2) is 0 Å². The molecule has 1 saturated carbocycles. The molecule has 0 aromatic carbocycles. The molecule has 1 unspecified atom stereocenters. The highest BCUT2D eigenvalue weighted by atomic mass is 15.2. The number of rotatable bonds is 3. The quantitative estimate of drug-likeness (QED) is 0.715. The highest BCUT2D eigenvalue weighted by molar-refractivity contribution is 4.86. The molecular weight excluding hydrogens is 174 g/mol. The van der Waals surface area contributed by atoms with Gasteiger partial charge in [0.05, 0.1) is 0 Å². The molecule has 82 valence electrons. The van der Waals surface area contributed by atoms with Crippen molar-refractivity contribution in [2.24, 2.45) is 5.73 Å². The zero-order valence-corrected chi connectivity index (χ0v) is 9.28. The molecule has 1 heterocycles. The normalized spacial score (nSPS) is 28.7. The fourth-order valence-electron chi connectivity index (χ4n) is 2.39. The molecule has 14 heavy (non-hydrogen) atoms. The van der Waals surface area contributed by atoms with Crippen molar-refractivity contribution in [2.75, 3.05) is 32.7 Å². The Hall–Kier alpha value is -0.120. The van der Waals surface area contributed by atoms with E-state index in [0.29, 0.717) is 6.04 Å². The Labute approximate surface area is 87.2 Å². The highest BCUT2D eigenvalue weighted by Gasteiger charge is 2.29. The van der Waals surface area contributed by atoms with Gasteiger partial charge in [-0.05, 0) is 39.3 Å². The van der Waals surface area contributed by atoms with Crippen molar-refractivity contribution in [1.82, 2.24) is 9.80 Å². The van der Waals surface area contributed by atoms with Crippen LogP contribution in [0.4, 0.5) is 0 Å². The zero-order valence-electron chi connectivity index (χ0n) is 9.28. The summed E-state index contributed by atoms with van der Waals surface area (Å²) in [7, 11) is 0. The predicted octanol–water partition coefficient (Wildman–Crippen LogP) is 0.504. The van der Waals surface area contributed by atoms with Crippen LogP contribution >= 0.6 is 0 Å². The Morgan fingerprint density at radius 3 is 2.64 bits per heavy atom. The summed E-state index contributed by atoms with van der Waals surface area (Å²) in [6.07, 6.45) is 4.20. The SMILES string of the molecule is CC(N)CN1CCCN(C2CC2)CC1. The molecule has 2 aliphatic rings. The Bertz CT molecular complexity index is 177. The molecule has 0 aromatic heterocycles. The lowest BCUT2D eigenvalue weighted by Gasteiger charge is -2.22.